The van der Waals surface area contributed by atoms with Crippen LogP contribution in [0.5, 0.6) is 0 Å². The Morgan fingerprint density at radius 3 is 2.33 bits per heavy atom. The fraction of sp³-hybridized carbons (Fsp3) is 0.700. The van der Waals surface area contributed by atoms with E-state index in [1.54, 1.807) is 0 Å². The molecule has 0 aliphatic heterocycles. The fourth-order valence-electron chi connectivity index (χ4n) is 0.921. The first-order valence-electron chi connectivity index (χ1n) is 4.90. The van der Waals surface area contributed by atoms with Crippen molar-refractivity contribution in [1.29, 1.82) is 10.5 Å². The van der Waals surface area contributed by atoms with Crippen molar-refractivity contribution in [2.24, 2.45) is 0 Å². The Labute approximate surface area is 90.3 Å². The lowest BCUT2D eigenvalue weighted by atomic mass is 10.2. The molecule has 0 radical (unpaired) electrons. The summed E-state index contributed by atoms with van der Waals surface area (Å²) in [6.45, 7) is 4.11. The molecule has 0 aliphatic carbocycles. The van der Waals surface area contributed by atoms with Gasteiger partial charge in [-0.2, -0.15) is 10.5 Å². The minimum atomic E-state index is -0.210. The highest BCUT2D eigenvalue weighted by molar-refractivity contribution is 5.78. The van der Waals surface area contributed by atoms with Crippen molar-refractivity contribution in [2.45, 2.75) is 26.3 Å². The maximum absolute atomic E-state index is 11.5. The summed E-state index contributed by atoms with van der Waals surface area (Å²) in [6, 6.07) is 3.99. The second-order valence-corrected chi connectivity index (χ2v) is 3.26. The van der Waals surface area contributed by atoms with E-state index < -0.39 is 0 Å². The van der Waals surface area contributed by atoms with E-state index in [-0.39, 0.29) is 31.6 Å². The lowest BCUT2D eigenvalue weighted by molar-refractivity contribution is -0.129. The average Bonchev–Trinajstić information content (AvgIpc) is 2.25. The van der Waals surface area contributed by atoms with Crippen molar-refractivity contribution in [1.82, 2.24) is 10.2 Å². The Morgan fingerprint density at radius 2 is 1.93 bits per heavy atom. The molecule has 0 bridgehead atoms. The van der Waals surface area contributed by atoms with E-state index >= 15 is 0 Å². The number of nitriles is 2. The molecule has 0 aromatic rings. The molecule has 0 aromatic heterocycles. The monoisotopic (exact) mass is 208 g/mol. The Kier molecular flexibility index (Phi) is 6.96. The highest BCUT2D eigenvalue weighted by atomic mass is 16.2. The summed E-state index contributed by atoms with van der Waals surface area (Å²) < 4.78 is 0. The van der Waals surface area contributed by atoms with Gasteiger partial charge in [0, 0.05) is 6.04 Å². The van der Waals surface area contributed by atoms with Crippen LogP contribution in [0.15, 0.2) is 0 Å². The van der Waals surface area contributed by atoms with Crippen LogP contribution in [-0.4, -0.2) is 36.5 Å². The molecule has 1 amide bonds. The zero-order chi connectivity index (χ0) is 11.7. The molecule has 1 atom stereocenters. The third-order valence-electron chi connectivity index (χ3n) is 2.09. The second-order valence-electron chi connectivity index (χ2n) is 3.26. The minimum Gasteiger partial charge on any atom is -0.315 e. The molecular formula is C10H16N4O. The van der Waals surface area contributed by atoms with Gasteiger partial charge in [-0.1, -0.05) is 6.92 Å². The molecular weight excluding hydrogens is 192 g/mol. The second kappa shape index (κ2) is 7.78. The van der Waals surface area contributed by atoms with E-state index in [0.29, 0.717) is 0 Å². The van der Waals surface area contributed by atoms with Gasteiger partial charge in [0.1, 0.15) is 13.1 Å². The molecule has 0 aromatic carbocycles. The predicted molar refractivity (Wildman–Crippen MR) is 55.6 cm³/mol. The van der Waals surface area contributed by atoms with Crippen LogP contribution < -0.4 is 5.32 Å². The van der Waals surface area contributed by atoms with Gasteiger partial charge in [-0.15, -0.1) is 0 Å². The van der Waals surface area contributed by atoms with E-state index in [0.717, 1.165) is 6.42 Å². The summed E-state index contributed by atoms with van der Waals surface area (Å²) in [5, 5.41) is 19.9. The van der Waals surface area contributed by atoms with E-state index in [9.17, 15) is 4.79 Å². The van der Waals surface area contributed by atoms with Crippen molar-refractivity contribution in [3.05, 3.63) is 0 Å². The van der Waals surface area contributed by atoms with E-state index in [1.807, 2.05) is 26.0 Å². The number of carbonyl (C=O) groups is 1. The highest BCUT2D eigenvalue weighted by Gasteiger charge is 2.12. The van der Waals surface area contributed by atoms with Gasteiger partial charge < -0.3 is 10.2 Å². The average molecular weight is 208 g/mol. The van der Waals surface area contributed by atoms with Gasteiger partial charge in [0.25, 0.3) is 0 Å². The SMILES string of the molecule is CCC(C)NCC(=O)N(CC#N)CC#N. The molecule has 0 spiro atoms. The first kappa shape index (κ1) is 13.4. The van der Waals surface area contributed by atoms with Crippen LogP contribution in [0.3, 0.4) is 0 Å². The van der Waals surface area contributed by atoms with Crippen LogP contribution in [-0.2, 0) is 4.79 Å². The van der Waals surface area contributed by atoms with E-state index in [2.05, 4.69) is 5.32 Å². The third-order valence-corrected chi connectivity index (χ3v) is 2.09. The Morgan fingerprint density at radius 1 is 1.40 bits per heavy atom. The van der Waals surface area contributed by atoms with Crippen LogP contribution in [0.25, 0.3) is 0 Å². The van der Waals surface area contributed by atoms with Crippen LogP contribution in [0.1, 0.15) is 20.3 Å². The molecule has 1 N–H and O–H groups in total. The normalized spacial score (nSPS) is 11.2. The van der Waals surface area contributed by atoms with Crippen molar-refractivity contribution in [3.8, 4) is 12.1 Å². The fourth-order valence-corrected chi connectivity index (χ4v) is 0.921. The van der Waals surface area contributed by atoms with Crippen LogP contribution >= 0.6 is 0 Å². The number of nitrogens with one attached hydrogen (secondary N) is 1. The Hall–Kier alpha value is -1.59. The zero-order valence-electron chi connectivity index (χ0n) is 9.16. The van der Waals surface area contributed by atoms with E-state index in [1.165, 1.54) is 4.90 Å². The summed E-state index contributed by atoms with van der Waals surface area (Å²) in [5.74, 6) is -0.210. The molecule has 5 nitrogen and oxygen atoms in total. The summed E-state index contributed by atoms with van der Waals surface area (Å²) in [6.07, 6.45) is 0.934. The van der Waals surface area contributed by atoms with Crippen LogP contribution in [0.2, 0.25) is 0 Å². The van der Waals surface area contributed by atoms with Crippen LogP contribution in [0.4, 0.5) is 0 Å². The number of hydrogen-bond acceptors (Lipinski definition) is 4. The molecule has 5 heteroatoms. The van der Waals surface area contributed by atoms with Crippen molar-refractivity contribution in [2.75, 3.05) is 19.6 Å². The van der Waals surface area contributed by atoms with Crippen molar-refractivity contribution in [3.63, 3.8) is 0 Å². The lowest BCUT2D eigenvalue weighted by Crippen LogP contribution is -2.41. The van der Waals surface area contributed by atoms with Crippen LogP contribution in [0, 0.1) is 22.7 Å². The largest absolute Gasteiger partial charge is 0.315 e. The third kappa shape index (κ3) is 5.66. The highest BCUT2D eigenvalue weighted by Crippen LogP contribution is 1.91. The molecule has 0 saturated heterocycles. The molecule has 0 fully saturated rings. The molecule has 0 aliphatic rings. The molecule has 15 heavy (non-hydrogen) atoms. The summed E-state index contributed by atoms with van der Waals surface area (Å²) >= 11 is 0. The van der Waals surface area contributed by atoms with Gasteiger partial charge in [0.2, 0.25) is 5.91 Å². The number of rotatable bonds is 6. The number of amides is 1. The predicted octanol–water partition coefficient (Wildman–Crippen LogP) is 0.250. The minimum absolute atomic E-state index is 0.0332. The van der Waals surface area contributed by atoms with Gasteiger partial charge in [-0.3, -0.25) is 4.79 Å². The van der Waals surface area contributed by atoms with E-state index in [4.69, 9.17) is 10.5 Å². The maximum atomic E-state index is 11.5. The molecule has 82 valence electrons. The molecule has 0 rings (SSSR count). The quantitative estimate of drug-likeness (QED) is 0.634. The van der Waals surface area contributed by atoms with Crippen molar-refractivity contribution >= 4 is 5.91 Å². The first-order chi connectivity index (χ1) is 7.15. The Balaban J connectivity index is 4.04. The molecule has 0 saturated carbocycles. The number of carbonyl (C=O) groups excluding carboxylic acids is 1. The lowest BCUT2D eigenvalue weighted by Gasteiger charge is -2.17. The van der Waals surface area contributed by atoms with Gasteiger partial charge in [-0.25, -0.2) is 0 Å². The Bertz CT molecular complexity index is 260. The van der Waals surface area contributed by atoms with Gasteiger partial charge in [0.15, 0.2) is 0 Å². The van der Waals surface area contributed by atoms with Gasteiger partial charge in [0.05, 0.1) is 18.7 Å². The summed E-state index contributed by atoms with van der Waals surface area (Å²) in [7, 11) is 0. The topological polar surface area (TPSA) is 79.9 Å². The summed E-state index contributed by atoms with van der Waals surface area (Å²) in [4.78, 5) is 12.7. The van der Waals surface area contributed by atoms with Gasteiger partial charge >= 0.3 is 0 Å². The zero-order valence-corrected chi connectivity index (χ0v) is 9.16. The smallest absolute Gasteiger partial charge is 0.238 e. The van der Waals surface area contributed by atoms with Crippen molar-refractivity contribution < 1.29 is 4.79 Å². The number of nitrogens with zero attached hydrogens (tertiary/aromatic N) is 3. The molecule has 1 unspecified atom stereocenters. The first-order valence-corrected chi connectivity index (χ1v) is 4.90. The standard InChI is InChI=1S/C10H16N4O/c1-3-9(2)13-8-10(15)14(6-4-11)7-5-12/h9,13H,3,6-8H2,1-2H3. The summed E-state index contributed by atoms with van der Waals surface area (Å²) in [5.41, 5.74) is 0. The maximum Gasteiger partial charge on any atom is 0.238 e. The number of hydrogen-bond donors (Lipinski definition) is 1. The van der Waals surface area contributed by atoms with Gasteiger partial charge in [-0.05, 0) is 13.3 Å². The molecule has 0 heterocycles.